The summed E-state index contributed by atoms with van der Waals surface area (Å²) >= 11 is 0. The predicted octanol–water partition coefficient (Wildman–Crippen LogP) is 2.42. The quantitative estimate of drug-likeness (QED) is 0.767. The number of hydrogen-bond donors (Lipinski definition) is 1. The Kier molecular flexibility index (Phi) is 3.93. The van der Waals surface area contributed by atoms with Crippen molar-refractivity contribution in [1.82, 2.24) is 5.32 Å². The number of aliphatic imine (C=N–C) groups is 2. The van der Waals surface area contributed by atoms with Crippen molar-refractivity contribution >= 4 is 11.5 Å². The van der Waals surface area contributed by atoms with Crippen molar-refractivity contribution in [3.63, 3.8) is 0 Å². The van der Waals surface area contributed by atoms with Gasteiger partial charge in [-0.3, -0.25) is 4.99 Å². The summed E-state index contributed by atoms with van der Waals surface area (Å²) in [6, 6.07) is 2.30. The van der Waals surface area contributed by atoms with Crippen LogP contribution in [0.15, 0.2) is 34.0 Å². The highest BCUT2D eigenvalue weighted by molar-refractivity contribution is 6.04. The smallest absolute Gasteiger partial charge is 0.106 e. The lowest BCUT2D eigenvalue weighted by Gasteiger charge is -2.22. The van der Waals surface area contributed by atoms with E-state index in [0.717, 1.165) is 36.5 Å². The molecule has 1 N–H and O–H groups in total. The Morgan fingerprint density at radius 1 is 1.50 bits per heavy atom. The van der Waals surface area contributed by atoms with Crippen molar-refractivity contribution in [1.29, 1.82) is 5.26 Å². The molecule has 0 aromatic rings. The Labute approximate surface area is 108 Å². The maximum atomic E-state index is 8.96. The Morgan fingerprint density at radius 2 is 2.33 bits per heavy atom. The number of rotatable bonds is 1. The zero-order valence-corrected chi connectivity index (χ0v) is 10.8. The highest BCUT2D eigenvalue weighted by Crippen LogP contribution is 2.20. The molecule has 2 unspecified atom stereocenters. The fraction of sp³-hybridized carbons (Fsp3) is 0.500. The highest BCUT2D eigenvalue weighted by atomic mass is 15.0. The molecule has 0 radical (unpaired) electrons. The number of hydrogen-bond acceptors (Lipinski definition) is 4. The van der Waals surface area contributed by atoms with Gasteiger partial charge >= 0.3 is 0 Å². The molecule has 1 aliphatic carbocycles. The molecular formula is C14H18N4. The van der Waals surface area contributed by atoms with Gasteiger partial charge < -0.3 is 5.32 Å². The molecule has 0 fully saturated rings. The zero-order valence-electron chi connectivity index (χ0n) is 10.8. The van der Waals surface area contributed by atoms with Gasteiger partial charge in [0.2, 0.25) is 0 Å². The molecule has 94 valence electrons. The average Bonchev–Trinajstić information content (AvgIpc) is 2.39. The van der Waals surface area contributed by atoms with Crippen LogP contribution < -0.4 is 5.32 Å². The molecule has 2 aliphatic rings. The Bertz CT molecular complexity index is 477. The normalized spacial score (nSPS) is 29.5. The fourth-order valence-electron chi connectivity index (χ4n) is 2.18. The molecule has 0 spiro atoms. The summed E-state index contributed by atoms with van der Waals surface area (Å²) in [6.45, 7) is 2.17. The van der Waals surface area contributed by atoms with Crippen molar-refractivity contribution in [2.75, 3.05) is 7.05 Å². The minimum atomic E-state index is 0.0568. The van der Waals surface area contributed by atoms with Crippen molar-refractivity contribution in [2.45, 2.75) is 26.2 Å². The molecule has 2 atom stereocenters. The van der Waals surface area contributed by atoms with Gasteiger partial charge in [-0.05, 0) is 12.3 Å². The third kappa shape index (κ3) is 2.86. The monoisotopic (exact) mass is 242 g/mol. The molecule has 0 bridgehead atoms. The van der Waals surface area contributed by atoms with E-state index in [0.29, 0.717) is 5.92 Å². The van der Waals surface area contributed by atoms with E-state index in [1.807, 2.05) is 6.20 Å². The minimum absolute atomic E-state index is 0.0568. The van der Waals surface area contributed by atoms with E-state index in [-0.39, 0.29) is 5.92 Å². The van der Waals surface area contributed by atoms with Gasteiger partial charge in [0.15, 0.2) is 0 Å². The average molecular weight is 242 g/mol. The maximum absolute atomic E-state index is 8.96. The third-order valence-corrected chi connectivity index (χ3v) is 3.25. The van der Waals surface area contributed by atoms with Crippen LogP contribution in [0.25, 0.3) is 0 Å². The van der Waals surface area contributed by atoms with Crippen LogP contribution in [0.5, 0.6) is 0 Å². The summed E-state index contributed by atoms with van der Waals surface area (Å²) in [7, 11) is 1.77. The fourth-order valence-corrected chi connectivity index (χ4v) is 2.18. The molecular weight excluding hydrogens is 224 g/mol. The summed E-state index contributed by atoms with van der Waals surface area (Å²) < 4.78 is 0. The van der Waals surface area contributed by atoms with Gasteiger partial charge in [-0.15, -0.1) is 0 Å². The Balaban J connectivity index is 2.09. The van der Waals surface area contributed by atoms with Gasteiger partial charge in [0.05, 0.1) is 23.4 Å². The molecule has 1 heterocycles. The molecule has 0 aromatic carbocycles. The number of nitrogens with one attached hydrogen (secondary N) is 1. The summed E-state index contributed by atoms with van der Waals surface area (Å²) in [4.78, 5) is 8.62. The summed E-state index contributed by atoms with van der Waals surface area (Å²) in [5.74, 6) is 1.55. The second-order valence-electron chi connectivity index (χ2n) is 4.78. The lowest BCUT2D eigenvalue weighted by Crippen LogP contribution is -2.32. The Hall–Kier alpha value is -1.89. The molecule has 0 aromatic heterocycles. The van der Waals surface area contributed by atoms with Gasteiger partial charge in [0, 0.05) is 26.1 Å². The number of nitrogens with zero attached hydrogens (tertiary/aromatic N) is 3. The van der Waals surface area contributed by atoms with Gasteiger partial charge in [-0.25, -0.2) is 4.99 Å². The number of nitriles is 1. The first-order chi connectivity index (χ1) is 8.72. The van der Waals surface area contributed by atoms with Crippen molar-refractivity contribution < 1.29 is 0 Å². The first kappa shape index (κ1) is 12.6. The first-order valence-electron chi connectivity index (χ1n) is 6.29. The minimum Gasteiger partial charge on any atom is -0.343 e. The lowest BCUT2D eigenvalue weighted by molar-refractivity contribution is 0.684. The van der Waals surface area contributed by atoms with Crippen LogP contribution in [0.1, 0.15) is 26.2 Å². The van der Waals surface area contributed by atoms with Crippen LogP contribution in [0.3, 0.4) is 0 Å². The van der Waals surface area contributed by atoms with Crippen molar-refractivity contribution in [2.24, 2.45) is 21.8 Å². The van der Waals surface area contributed by atoms with Crippen LogP contribution in [-0.2, 0) is 0 Å². The second kappa shape index (κ2) is 5.63. The van der Waals surface area contributed by atoms with E-state index >= 15 is 0 Å². The SMILES string of the molecule is CN=C1CC(C#N)CC=C1NC1=NC=CC(C)C1. The summed E-state index contributed by atoms with van der Waals surface area (Å²) in [5.41, 5.74) is 1.99. The molecule has 4 heteroatoms. The van der Waals surface area contributed by atoms with Crippen LogP contribution in [-0.4, -0.2) is 18.6 Å². The van der Waals surface area contributed by atoms with Gasteiger partial charge in [-0.2, -0.15) is 5.26 Å². The van der Waals surface area contributed by atoms with E-state index in [2.05, 4.69) is 40.4 Å². The number of allylic oxidation sites excluding steroid dienone is 3. The summed E-state index contributed by atoms with van der Waals surface area (Å²) in [6.07, 6.45) is 8.44. The van der Waals surface area contributed by atoms with Gasteiger partial charge in [-0.1, -0.05) is 19.1 Å². The van der Waals surface area contributed by atoms with Gasteiger partial charge in [0.1, 0.15) is 5.84 Å². The van der Waals surface area contributed by atoms with Crippen LogP contribution in [0, 0.1) is 23.2 Å². The predicted molar refractivity (Wildman–Crippen MR) is 73.3 cm³/mol. The first-order valence-corrected chi connectivity index (χ1v) is 6.29. The van der Waals surface area contributed by atoms with Crippen molar-refractivity contribution in [3.05, 3.63) is 24.0 Å². The van der Waals surface area contributed by atoms with Gasteiger partial charge in [0.25, 0.3) is 0 Å². The maximum Gasteiger partial charge on any atom is 0.106 e. The Morgan fingerprint density at radius 3 is 3.00 bits per heavy atom. The molecule has 0 amide bonds. The molecule has 2 rings (SSSR count). The van der Waals surface area contributed by atoms with E-state index < -0.39 is 0 Å². The highest BCUT2D eigenvalue weighted by Gasteiger charge is 2.21. The van der Waals surface area contributed by atoms with E-state index in [1.165, 1.54) is 0 Å². The number of amidine groups is 1. The topological polar surface area (TPSA) is 60.5 Å². The van der Waals surface area contributed by atoms with E-state index in [9.17, 15) is 0 Å². The zero-order chi connectivity index (χ0) is 13.0. The lowest BCUT2D eigenvalue weighted by atomic mass is 9.92. The van der Waals surface area contributed by atoms with Crippen LogP contribution in [0.4, 0.5) is 0 Å². The molecule has 0 saturated heterocycles. The van der Waals surface area contributed by atoms with Crippen LogP contribution in [0.2, 0.25) is 0 Å². The van der Waals surface area contributed by atoms with E-state index in [4.69, 9.17) is 5.26 Å². The largest absolute Gasteiger partial charge is 0.343 e. The van der Waals surface area contributed by atoms with E-state index in [1.54, 1.807) is 7.05 Å². The van der Waals surface area contributed by atoms with Crippen molar-refractivity contribution in [3.8, 4) is 6.07 Å². The third-order valence-electron chi connectivity index (χ3n) is 3.25. The second-order valence-corrected chi connectivity index (χ2v) is 4.78. The summed E-state index contributed by atoms with van der Waals surface area (Å²) in [5, 5.41) is 12.3. The molecule has 18 heavy (non-hydrogen) atoms. The standard InChI is InChI=1S/C14H18N4/c1-10-5-6-17-14(7-10)18-12-4-3-11(9-15)8-13(12)16-2/h4-6,10-11H,3,7-8H2,1-2H3,(H,17,18). The molecule has 4 nitrogen and oxygen atoms in total. The molecule has 0 saturated carbocycles. The van der Waals surface area contributed by atoms with Crippen LogP contribution >= 0.6 is 0 Å². The molecule has 1 aliphatic heterocycles.